The van der Waals surface area contributed by atoms with Crippen LogP contribution in [0.1, 0.15) is 24.8 Å². The molecule has 7 heteroatoms. The monoisotopic (exact) mass is 302 g/mol. The first-order valence-electron chi connectivity index (χ1n) is 6.75. The van der Waals surface area contributed by atoms with Crippen LogP contribution in [0, 0.1) is 0 Å². The van der Waals surface area contributed by atoms with Gasteiger partial charge in [-0.3, -0.25) is 4.79 Å². The largest absolute Gasteiger partial charge is 0.483 e. The molecule has 0 radical (unpaired) electrons. The van der Waals surface area contributed by atoms with E-state index < -0.39 is 18.3 Å². The number of halogens is 3. The minimum atomic E-state index is -4.57. The van der Waals surface area contributed by atoms with Crippen LogP contribution in [-0.4, -0.2) is 30.5 Å². The molecule has 4 nitrogen and oxygen atoms in total. The highest BCUT2D eigenvalue weighted by atomic mass is 19.4. The predicted molar refractivity (Wildman–Crippen MR) is 71.8 cm³/mol. The Bertz CT molecular complexity index is 511. The SMILES string of the molecule is Nc1ccc(OCC(=O)N2CCCCC2)c(C(F)(F)F)c1. The number of benzene rings is 1. The molecule has 0 unspecified atom stereocenters. The van der Waals surface area contributed by atoms with Gasteiger partial charge in [0.25, 0.3) is 5.91 Å². The maximum atomic E-state index is 12.9. The summed E-state index contributed by atoms with van der Waals surface area (Å²) in [6.07, 6.45) is -1.66. The number of likely N-dealkylation sites (tertiary alicyclic amines) is 1. The Hall–Kier alpha value is -1.92. The zero-order valence-corrected chi connectivity index (χ0v) is 11.4. The third kappa shape index (κ3) is 4.03. The van der Waals surface area contributed by atoms with Gasteiger partial charge in [-0.2, -0.15) is 13.2 Å². The van der Waals surface area contributed by atoms with E-state index in [-0.39, 0.29) is 17.3 Å². The Morgan fingerprint density at radius 1 is 1.24 bits per heavy atom. The number of hydrogen-bond donors (Lipinski definition) is 1. The van der Waals surface area contributed by atoms with Gasteiger partial charge in [-0.05, 0) is 37.5 Å². The van der Waals surface area contributed by atoms with Crippen LogP contribution >= 0.6 is 0 Å². The molecule has 0 bridgehead atoms. The second-order valence-corrected chi connectivity index (χ2v) is 4.98. The van der Waals surface area contributed by atoms with Crippen LogP contribution in [0.15, 0.2) is 18.2 Å². The summed E-state index contributed by atoms with van der Waals surface area (Å²) >= 11 is 0. The topological polar surface area (TPSA) is 55.6 Å². The van der Waals surface area contributed by atoms with Crippen molar-refractivity contribution in [1.82, 2.24) is 4.90 Å². The number of nitrogens with two attached hydrogens (primary N) is 1. The molecule has 2 N–H and O–H groups in total. The van der Waals surface area contributed by atoms with Gasteiger partial charge in [0.2, 0.25) is 0 Å². The third-order valence-corrected chi connectivity index (χ3v) is 3.37. The molecule has 0 aromatic heterocycles. The van der Waals surface area contributed by atoms with E-state index in [9.17, 15) is 18.0 Å². The maximum Gasteiger partial charge on any atom is 0.420 e. The molecule has 21 heavy (non-hydrogen) atoms. The standard InChI is InChI=1S/C14H17F3N2O2/c15-14(16,17)11-8-10(18)4-5-12(11)21-9-13(20)19-6-2-1-3-7-19/h4-5,8H,1-3,6-7,9,18H2. The molecule has 0 spiro atoms. The van der Waals surface area contributed by atoms with Crippen LogP contribution < -0.4 is 10.5 Å². The molecule has 1 saturated heterocycles. The second-order valence-electron chi connectivity index (χ2n) is 4.98. The number of anilines is 1. The quantitative estimate of drug-likeness (QED) is 0.873. The number of carbonyl (C=O) groups excluding carboxylic acids is 1. The molecular formula is C14H17F3N2O2. The first kappa shape index (κ1) is 15.5. The van der Waals surface area contributed by atoms with Crippen LogP contribution in [0.3, 0.4) is 0 Å². The number of piperidine rings is 1. The van der Waals surface area contributed by atoms with Gasteiger partial charge < -0.3 is 15.4 Å². The number of amides is 1. The van der Waals surface area contributed by atoms with Gasteiger partial charge in [0.15, 0.2) is 6.61 Å². The van der Waals surface area contributed by atoms with Crippen molar-refractivity contribution in [2.75, 3.05) is 25.4 Å². The fourth-order valence-corrected chi connectivity index (χ4v) is 2.27. The molecule has 1 aliphatic rings. The number of alkyl halides is 3. The summed E-state index contributed by atoms with van der Waals surface area (Å²) < 4.78 is 43.7. The molecule has 0 aliphatic carbocycles. The minimum Gasteiger partial charge on any atom is -0.483 e. The smallest absolute Gasteiger partial charge is 0.420 e. The fraction of sp³-hybridized carbons (Fsp3) is 0.500. The number of nitrogen functional groups attached to an aromatic ring is 1. The van der Waals surface area contributed by atoms with Gasteiger partial charge in [-0.25, -0.2) is 0 Å². The van der Waals surface area contributed by atoms with E-state index in [4.69, 9.17) is 10.5 Å². The average Bonchev–Trinajstić information content (AvgIpc) is 2.45. The van der Waals surface area contributed by atoms with Gasteiger partial charge in [-0.15, -0.1) is 0 Å². The molecule has 1 fully saturated rings. The summed E-state index contributed by atoms with van der Waals surface area (Å²) in [6.45, 7) is 0.874. The van der Waals surface area contributed by atoms with E-state index in [1.54, 1.807) is 4.90 Å². The lowest BCUT2D eigenvalue weighted by Gasteiger charge is -2.26. The molecule has 1 amide bonds. The molecule has 116 valence electrons. The fourth-order valence-electron chi connectivity index (χ4n) is 2.27. The van der Waals surface area contributed by atoms with Gasteiger partial charge in [-0.1, -0.05) is 0 Å². The molecule has 1 heterocycles. The van der Waals surface area contributed by atoms with Crippen molar-refractivity contribution in [1.29, 1.82) is 0 Å². The summed E-state index contributed by atoms with van der Waals surface area (Å²) in [5.74, 6) is -0.665. The Kier molecular flexibility index (Phi) is 4.59. The van der Waals surface area contributed by atoms with Gasteiger partial charge in [0, 0.05) is 18.8 Å². The highest BCUT2D eigenvalue weighted by Gasteiger charge is 2.34. The Labute approximate surface area is 120 Å². The highest BCUT2D eigenvalue weighted by molar-refractivity contribution is 5.77. The Balaban J connectivity index is 2.04. The zero-order chi connectivity index (χ0) is 15.5. The van der Waals surface area contributed by atoms with E-state index in [0.29, 0.717) is 13.1 Å². The van der Waals surface area contributed by atoms with Crippen LogP contribution in [0.2, 0.25) is 0 Å². The van der Waals surface area contributed by atoms with Gasteiger partial charge in [0.1, 0.15) is 5.75 Å². The highest BCUT2D eigenvalue weighted by Crippen LogP contribution is 2.37. The summed E-state index contributed by atoms with van der Waals surface area (Å²) in [5, 5.41) is 0. The van der Waals surface area contributed by atoms with Crippen LogP contribution in [0.4, 0.5) is 18.9 Å². The minimum absolute atomic E-state index is 0.00275. The van der Waals surface area contributed by atoms with Crippen LogP contribution in [-0.2, 0) is 11.0 Å². The molecule has 2 rings (SSSR count). The average molecular weight is 302 g/mol. The van der Waals surface area contributed by atoms with Crippen LogP contribution in [0.25, 0.3) is 0 Å². The van der Waals surface area contributed by atoms with E-state index in [0.717, 1.165) is 31.4 Å². The number of nitrogens with zero attached hydrogens (tertiary/aromatic N) is 1. The van der Waals surface area contributed by atoms with E-state index in [1.807, 2.05) is 0 Å². The number of ether oxygens (including phenoxy) is 1. The maximum absolute atomic E-state index is 12.9. The Morgan fingerprint density at radius 2 is 1.90 bits per heavy atom. The van der Waals surface area contributed by atoms with Crippen LogP contribution in [0.5, 0.6) is 5.75 Å². The number of hydrogen-bond acceptors (Lipinski definition) is 3. The van der Waals surface area contributed by atoms with Crippen molar-refractivity contribution >= 4 is 11.6 Å². The van der Waals surface area contributed by atoms with Crippen molar-refractivity contribution in [3.63, 3.8) is 0 Å². The molecular weight excluding hydrogens is 285 g/mol. The van der Waals surface area contributed by atoms with E-state index in [2.05, 4.69) is 0 Å². The molecule has 1 aromatic carbocycles. The summed E-state index contributed by atoms with van der Waals surface area (Å²) in [4.78, 5) is 13.5. The summed E-state index contributed by atoms with van der Waals surface area (Å²) in [6, 6.07) is 3.26. The lowest BCUT2D eigenvalue weighted by Crippen LogP contribution is -2.38. The Morgan fingerprint density at radius 3 is 2.52 bits per heavy atom. The summed E-state index contributed by atoms with van der Waals surface area (Å²) in [7, 11) is 0. The molecule has 0 saturated carbocycles. The van der Waals surface area contributed by atoms with Crippen molar-refractivity contribution < 1.29 is 22.7 Å². The van der Waals surface area contributed by atoms with E-state index >= 15 is 0 Å². The first-order valence-corrected chi connectivity index (χ1v) is 6.75. The lowest BCUT2D eigenvalue weighted by atomic mass is 10.1. The first-order chi connectivity index (χ1) is 9.88. The molecule has 1 aromatic rings. The number of rotatable bonds is 3. The van der Waals surface area contributed by atoms with Crippen molar-refractivity contribution in [3.8, 4) is 5.75 Å². The molecule has 1 aliphatic heterocycles. The van der Waals surface area contributed by atoms with Gasteiger partial charge >= 0.3 is 6.18 Å². The second kappa shape index (κ2) is 6.24. The summed E-state index contributed by atoms with van der Waals surface area (Å²) in [5.41, 5.74) is 4.40. The predicted octanol–water partition coefficient (Wildman–Crippen LogP) is 2.68. The normalized spacial score (nSPS) is 15.9. The van der Waals surface area contributed by atoms with E-state index in [1.165, 1.54) is 6.07 Å². The zero-order valence-electron chi connectivity index (χ0n) is 11.4. The molecule has 0 atom stereocenters. The van der Waals surface area contributed by atoms with Gasteiger partial charge in [0.05, 0.1) is 5.56 Å². The van der Waals surface area contributed by atoms with Crippen molar-refractivity contribution in [2.45, 2.75) is 25.4 Å². The van der Waals surface area contributed by atoms with Crippen molar-refractivity contribution in [3.05, 3.63) is 23.8 Å². The third-order valence-electron chi connectivity index (χ3n) is 3.37. The number of carbonyl (C=O) groups is 1. The van der Waals surface area contributed by atoms with Crippen molar-refractivity contribution in [2.24, 2.45) is 0 Å². The lowest BCUT2D eigenvalue weighted by molar-refractivity contribution is -0.141.